The molecule has 2 aromatic carbocycles. The van der Waals surface area contributed by atoms with Crippen LogP contribution in [0.1, 0.15) is 23.1 Å². The molecule has 3 rings (SSSR count). The van der Waals surface area contributed by atoms with Crippen molar-refractivity contribution in [1.82, 2.24) is 5.32 Å². The zero-order chi connectivity index (χ0) is 20.5. The maximum Gasteiger partial charge on any atom is 0.416 e. The van der Waals surface area contributed by atoms with E-state index in [-0.39, 0.29) is 31.3 Å². The molecule has 2 amide bonds. The van der Waals surface area contributed by atoms with Crippen molar-refractivity contribution in [2.45, 2.75) is 26.1 Å². The fraction of sp³-hybridized carbons (Fsp3) is 0.300. The number of benzene rings is 2. The number of hydrogen-bond acceptors (Lipinski definition) is 2. The van der Waals surface area contributed by atoms with Crippen LogP contribution in [0.25, 0.3) is 0 Å². The highest BCUT2D eigenvalue weighted by Crippen LogP contribution is 2.30. The molecule has 0 radical (unpaired) electrons. The summed E-state index contributed by atoms with van der Waals surface area (Å²) < 4.78 is 38.3. The molecule has 1 N–H and O–H groups in total. The first-order chi connectivity index (χ1) is 13.1. The Morgan fingerprint density at radius 2 is 2.00 bits per heavy atom. The normalized spacial score (nSPS) is 17.1. The van der Waals surface area contributed by atoms with Gasteiger partial charge in [-0.15, -0.1) is 0 Å². The van der Waals surface area contributed by atoms with Gasteiger partial charge in [0.2, 0.25) is 11.8 Å². The van der Waals surface area contributed by atoms with Gasteiger partial charge in [0.05, 0.1) is 11.5 Å². The van der Waals surface area contributed by atoms with Crippen LogP contribution in [0, 0.1) is 12.8 Å². The number of aryl methyl sites for hydroxylation is 1. The van der Waals surface area contributed by atoms with E-state index in [1.54, 1.807) is 18.2 Å². The van der Waals surface area contributed by atoms with Crippen LogP contribution in [0.3, 0.4) is 0 Å². The highest BCUT2D eigenvalue weighted by molar-refractivity contribution is 6.31. The molecular weight excluding hydrogens is 393 g/mol. The molecule has 0 bridgehead atoms. The lowest BCUT2D eigenvalue weighted by molar-refractivity contribution is -0.137. The molecule has 1 saturated heterocycles. The Balaban J connectivity index is 1.63. The number of nitrogens with one attached hydrogen (secondary N) is 1. The number of amides is 2. The summed E-state index contributed by atoms with van der Waals surface area (Å²) in [6.07, 6.45) is -4.40. The molecule has 1 atom stereocenters. The van der Waals surface area contributed by atoms with Crippen molar-refractivity contribution >= 4 is 29.1 Å². The van der Waals surface area contributed by atoms with Crippen molar-refractivity contribution in [3.8, 4) is 0 Å². The van der Waals surface area contributed by atoms with Crippen LogP contribution >= 0.6 is 11.6 Å². The Bertz CT molecular complexity index is 915. The van der Waals surface area contributed by atoms with Gasteiger partial charge in [0, 0.05) is 30.2 Å². The number of alkyl halides is 3. The Morgan fingerprint density at radius 3 is 2.68 bits per heavy atom. The Hall–Kier alpha value is -2.54. The summed E-state index contributed by atoms with van der Waals surface area (Å²) in [4.78, 5) is 26.2. The molecule has 1 aliphatic heterocycles. The monoisotopic (exact) mass is 410 g/mol. The maximum atomic E-state index is 12.8. The lowest BCUT2D eigenvalue weighted by Crippen LogP contribution is -2.32. The molecule has 148 valence electrons. The largest absolute Gasteiger partial charge is 0.416 e. The van der Waals surface area contributed by atoms with Gasteiger partial charge in [-0.2, -0.15) is 13.2 Å². The minimum absolute atomic E-state index is 0.0379. The SMILES string of the molecule is Cc1ccc(N2C[C@H](C(=O)NCc3cccc(C(F)(F)F)c3)CC2=O)cc1Cl. The number of halogens is 4. The predicted octanol–water partition coefficient (Wildman–Crippen LogP) is 4.34. The number of anilines is 1. The van der Waals surface area contributed by atoms with E-state index in [9.17, 15) is 22.8 Å². The standard InChI is InChI=1S/C20H18ClF3N2O2/c1-12-5-6-16(9-17(12)21)26-11-14(8-18(26)27)19(28)25-10-13-3-2-4-15(7-13)20(22,23)24/h2-7,9,14H,8,10-11H2,1H3,(H,25,28)/t14-/m1/s1. The summed E-state index contributed by atoms with van der Waals surface area (Å²) in [5.41, 5.74) is 1.08. The number of rotatable bonds is 4. The highest BCUT2D eigenvalue weighted by atomic mass is 35.5. The summed E-state index contributed by atoms with van der Waals surface area (Å²) in [6, 6.07) is 10.0. The summed E-state index contributed by atoms with van der Waals surface area (Å²) >= 11 is 6.10. The van der Waals surface area contributed by atoms with Crippen molar-refractivity contribution in [3.05, 3.63) is 64.2 Å². The van der Waals surface area contributed by atoms with Gasteiger partial charge in [0.1, 0.15) is 0 Å². The third-order valence-electron chi connectivity index (χ3n) is 4.68. The van der Waals surface area contributed by atoms with Crippen LogP contribution in [0.4, 0.5) is 18.9 Å². The number of carbonyl (C=O) groups is 2. The van der Waals surface area contributed by atoms with Crippen LogP contribution in [-0.2, 0) is 22.3 Å². The van der Waals surface area contributed by atoms with Crippen molar-refractivity contribution in [2.24, 2.45) is 5.92 Å². The molecule has 4 nitrogen and oxygen atoms in total. The minimum atomic E-state index is -4.44. The van der Waals surface area contributed by atoms with Crippen LogP contribution in [0.2, 0.25) is 5.02 Å². The first kappa shape index (κ1) is 20.2. The smallest absolute Gasteiger partial charge is 0.352 e. The van der Waals surface area contributed by atoms with Crippen molar-refractivity contribution in [3.63, 3.8) is 0 Å². The summed E-state index contributed by atoms with van der Waals surface area (Å²) in [5.74, 6) is -1.14. The molecule has 0 aliphatic carbocycles. The van der Waals surface area contributed by atoms with Crippen LogP contribution in [0.5, 0.6) is 0 Å². The van der Waals surface area contributed by atoms with Crippen LogP contribution in [-0.4, -0.2) is 18.4 Å². The van der Waals surface area contributed by atoms with Crippen LogP contribution in [0.15, 0.2) is 42.5 Å². The van der Waals surface area contributed by atoms with Gasteiger partial charge in [-0.1, -0.05) is 29.8 Å². The van der Waals surface area contributed by atoms with E-state index in [4.69, 9.17) is 11.6 Å². The maximum absolute atomic E-state index is 12.8. The molecule has 1 fully saturated rings. The second kappa shape index (κ2) is 7.83. The van der Waals surface area contributed by atoms with Crippen LogP contribution < -0.4 is 10.2 Å². The fourth-order valence-corrected chi connectivity index (χ4v) is 3.25. The van der Waals surface area contributed by atoms with Gasteiger partial charge in [0.25, 0.3) is 0 Å². The molecule has 0 spiro atoms. The fourth-order valence-electron chi connectivity index (χ4n) is 3.07. The third kappa shape index (κ3) is 4.47. The first-order valence-corrected chi connectivity index (χ1v) is 9.03. The lowest BCUT2D eigenvalue weighted by Gasteiger charge is -2.17. The molecule has 0 unspecified atom stereocenters. The quantitative estimate of drug-likeness (QED) is 0.815. The molecule has 28 heavy (non-hydrogen) atoms. The van der Waals surface area contributed by atoms with Crippen molar-refractivity contribution in [2.75, 3.05) is 11.4 Å². The van der Waals surface area contributed by atoms with E-state index in [1.807, 2.05) is 6.92 Å². The van der Waals surface area contributed by atoms with E-state index >= 15 is 0 Å². The molecule has 2 aromatic rings. The molecule has 0 aromatic heterocycles. The second-order valence-corrected chi connectivity index (χ2v) is 7.16. The molecule has 1 aliphatic rings. The highest BCUT2D eigenvalue weighted by Gasteiger charge is 2.35. The summed E-state index contributed by atoms with van der Waals surface area (Å²) in [6.45, 7) is 2.01. The Kier molecular flexibility index (Phi) is 5.65. The number of hydrogen-bond donors (Lipinski definition) is 1. The second-order valence-electron chi connectivity index (χ2n) is 6.75. The number of nitrogens with zero attached hydrogens (tertiary/aromatic N) is 1. The van der Waals surface area contributed by atoms with E-state index in [1.165, 1.54) is 17.0 Å². The summed E-state index contributed by atoms with van der Waals surface area (Å²) in [7, 11) is 0. The van der Waals surface area contributed by atoms with Gasteiger partial charge in [-0.3, -0.25) is 9.59 Å². The molecule has 8 heteroatoms. The average molecular weight is 411 g/mol. The zero-order valence-electron chi connectivity index (χ0n) is 15.0. The first-order valence-electron chi connectivity index (χ1n) is 8.65. The Morgan fingerprint density at radius 1 is 1.25 bits per heavy atom. The topological polar surface area (TPSA) is 49.4 Å². The van der Waals surface area contributed by atoms with E-state index < -0.39 is 17.7 Å². The van der Waals surface area contributed by atoms with E-state index in [0.717, 1.165) is 17.7 Å². The van der Waals surface area contributed by atoms with E-state index in [2.05, 4.69) is 5.32 Å². The lowest BCUT2D eigenvalue weighted by atomic mass is 10.1. The summed E-state index contributed by atoms with van der Waals surface area (Å²) in [5, 5.41) is 3.15. The minimum Gasteiger partial charge on any atom is -0.352 e. The number of carbonyl (C=O) groups excluding carboxylic acids is 2. The van der Waals surface area contributed by atoms with Gasteiger partial charge < -0.3 is 10.2 Å². The Labute approximate surface area is 165 Å². The van der Waals surface area contributed by atoms with Gasteiger partial charge in [-0.05, 0) is 42.3 Å². The van der Waals surface area contributed by atoms with E-state index in [0.29, 0.717) is 16.3 Å². The van der Waals surface area contributed by atoms with Gasteiger partial charge >= 0.3 is 6.18 Å². The van der Waals surface area contributed by atoms with Crippen molar-refractivity contribution in [1.29, 1.82) is 0 Å². The third-order valence-corrected chi connectivity index (χ3v) is 5.09. The average Bonchev–Trinajstić information content (AvgIpc) is 3.03. The molecular formula is C20H18ClF3N2O2. The van der Waals surface area contributed by atoms with Crippen molar-refractivity contribution < 1.29 is 22.8 Å². The predicted molar refractivity (Wildman–Crippen MR) is 99.9 cm³/mol. The molecule has 1 heterocycles. The zero-order valence-corrected chi connectivity index (χ0v) is 15.8. The van der Waals surface area contributed by atoms with Gasteiger partial charge in [0.15, 0.2) is 0 Å². The van der Waals surface area contributed by atoms with Gasteiger partial charge in [-0.25, -0.2) is 0 Å². The molecule has 0 saturated carbocycles.